The average molecular weight is 309 g/mol. The molecule has 0 bridgehead atoms. The number of carbonyl (C=O) groups is 1. The molecule has 1 aliphatic rings. The van der Waals surface area contributed by atoms with Crippen molar-refractivity contribution in [2.24, 2.45) is 5.92 Å². The highest BCUT2D eigenvalue weighted by molar-refractivity contribution is 7.14. The summed E-state index contributed by atoms with van der Waals surface area (Å²) < 4.78 is 0. The first kappa shape index (κ1) is 16.5. The summed E-state index contributed by atoms with van der Waals surface area (Å²) in [5.74, 6) is 0.542. The topological polar surface area (TPSA) is 49.3 Å². The Labute approximate surface area is 131 Å². The van der Waals surface area contributed by atoms with E-state index in [-0.39, 0.29) is 12.5 Å². The number of aliphatic hydroxyl groups is 1. The fourth-order valence-electron chi connectivity index (χ4n) is 3.41. The van der Waals surface area contributed by atoms with Gasteiger partial charge in [0.2, 0.25) is 0 Å². The van der Waals surface area contributed by atoms with Crippen molar-refractivity contribution in [3.8, 4) is 0 Å². The Morgan fingerprint density at radius 3 is 2.95 bits per heavy atom. The van der Waals surface area contributed by atoms with E-state index >= 15 is 0 Å². The molecule has 118 valence electrons. The zero-order valence-corrected chi connectivity index (χ0v) is 14.2. The Morgan fingerprint density at radius 2 is 2.33 bits per heavy atom. The van der Waals surface area contributed by atoms with Crippen LogP contribution in [0.5, 0.6) is 0 Å². The molecule has 1 heterocycles. The van der Waals surface area contributed by atoms with Gasteiger partial charge in [-0.25, -0.2) is 0 Å². The molecule has 2 unspecified atom stereocenters. The van der Waals surface area contributed by atoms with Gasteiger partial charge in [-0.05, 0) is 43.7 Å². The van der Waals surface area contributed by atoms with Crippen LogP contribution < -0.4 is 5.32 Å². The van der Waals surface area contributed by atoms with Gasteiger partial charge in [0, 0.05) is 4.88 Å². The largest absolute Gasteiger partial charge is 0.394 e. The average Bonchev–Trinajstić information content (AvgIpc) is 2.81. The van der Waals surface area contributed by atoms with E-state index < -0.39 is 5.54 Å². The number of hydrogen-bond acceptors (Lipinski definition) is 3. The standard InChI is InChI=1S/C17H27NO2S/c1-4-6-14-9-15(21-13(14)3)16(20)18-17(11-19)8-5-7-12(2)10-17/h9,12,19H,4-8,10-11H2,1-3H3,(H,18,20). The fraction of sp³-hybridized carbons (Fsp3) is 0.706. The fourth-order valence-corrected chi connectivity index (χ4v) is 4.38. The summed E-state index contributed by atoms with van der Waals surface area (Å²) in [7, 11) is 0. The summed E-state index contributed by atoms with van der Waals surface area (Å²) in [5.41, 5.74) is 0.861. The van der Waals surface area contributed by atoms with Crippen LogP contribution in [0.4, 0.5) is 0 Å². The van der Waals surface area contributed by atoms with Crippen LogP contribution in [-0.4, -0.2) is 23.2 Å². The van der Waals surface area contributed by atoms with Gasteiger partial charge in [-0.15, -0.1) is 11.3 Å². The van der Waals surface area contributed by atoms with E-state index in [4.69, 9.17) is 0 Å². The molecule has 1 amide bonds. The first-order chi connectivity index (χ1) is 9.99. The zero-order valence-electron chi connectivity index (χ0n) is 13.4. The number of rotatable bonds is 5. The Bertz CT molecular complexity index is 497. The van der Waals surface area contributed by atoms with Gasteiger partial charge in [0.05, 0.1) is 17.0 Å². The SMILES string of the molecule is CCCc1cc(C(=O)NC2(CO)CCCC(C)C2)sc1C. The normalized spacial score (nSPS) is 25.8. The Balaban J connectivity index is 2.10. The van der Waals surface area contributed by atoms with Crippen molar-refractivity contribution in [3.05, 3.63) is 21.4 Å². The summed E-state index contributed by atoms with van der Waals surface area (Å²) >= 11 is 1.57. The molecule has 2 N–H and O–H groups in total. The number of amides is 1. The summed E-state index contributed by atoms with van der Waals surface area (Å²) in [4.78, 5) is 14.6. The molecule has 21 heavy (non-hydrogen) atoms. The number of aliphatic hydroxyl groups excluding tert-OH is 1. The third kappa shape index (κ3) is 3.86. The van der Waals surface area contributed by atoms with Crippen molar-refractivity contribution in [3.63, 3.8) is 0 Å². The number of aryl methyl sites for hydroxylation is 2. The van der Waals surface area contributed by atoms with Crippen LogP contribution in [0, 0.1) is 12.8 Å². The third-order valence-corrected chi connectivity index (χ3v) is 5.63. The van der Waals surface area contributed by atoms with Crippen LogP contribution in [0.1, 0.15) is 66.1 Å². The zero-order chi connectivity index (χ0) is 15.5. The lowest BCUT2D eigenvalue weighted by Crippen LogP contribution is -2.53. The summed E-state index contributed by atoms with van der Waals surface area (Å²) in [6.07, 6.45) is 6.14. The predicted molar refractivity (Wildman–Crippen MR) is 88.0 cm³/mol. The molecule has 0 aromatic carbocycles. The minimum Gasteiger partial charge on any atom is -0.394 e. The smallest absolute Gasteiger partial charge is 0.261 e. The highest BCUT2D eigenvalue weighted by atomic mass is 32.1. The molecule has 3 nitrogen and oxygen atoms in total. The molecule has 1 saturated carbocycles. The van der Waals surface area contributed by atoms with Crippen molar-refractivity contribution in [2.45, 2.75) is 64.8 Å². The highest BCUT2D eigenvalue weighted by Crippen LogP contribution is 2.33. The minimum atomic E-state index is -0.419. The Hall–Kier alpha value is -0.870. The molecule has 2 rings (SSSR count). The van der Waals surface area contributed by atoms with E-state index in [1.165, 1.54) is 16.9 Å². The Morgan fingerprint density at radius 1 is 1.57 bits per heavy atom. The highest BCUT2D eigenvalue weighted by Gasteiger charge is 2.36. The van der Waals surface area contributed by atoms with Crippen molar-refractivity contribution in [1.82, 2.24) is 5.32 Å². The molecule has 1 aromatic rings. The lowest BCUT2D eigenvalue weighted by atomic mass is 9.77. The van der Waals surface area contributed by atoms with E-state index in [9.17, 15) is 9.90 Å². The van der Waals surface area contributed by atoms with Crippen LogP contribution in [0.2, 0.25) is 0 Å². The quantitative estimate of drug-likeness (QED) is 0.871. The first-order valence-electron chi connectivity index (χ1n) is 8.02. The maximum absolute atomic E-state index is 12.5. The second-order valence-corrected chi connectivity index (χ2v) is 7.79. The van der Waals surface area contributed by atoms with E-state index in [1.54, 1.807) is 11.3 Å². The molecule has 0 saturated heterocycles. The van der Waals surface area contributed by atoms with Crippen LogP contribution in [0.15, 0.2) is 6.07 Å². The maximum Gasteiger partial charge on any atom is 0.261 e. The first-order valence-corrected chi connectivity index (χ1v) is 8.84. The molecule has 2 atom stereocenters. The predicted octanol–water partition coefficient (Wildman–Crippen LogP) is 3.68. The van der Waals surface area contributed by atoms with E-state index in [2.05, 4.69) is 26.1 Å². The third-order valence-electron chi connectivity index (χ3n) is 4.54. The molecule has 0 radical (unpaired) electrons. The van der Waals surface area contributed by atoms with Gasteiger partial charge in [-0.3, -0.25) is 4.79 Å². The van der Waals surface area contributed by atoms with Crippen LogP contribution in [0.3, 0.4) is 0 Å². The maximum atomic E-state index is 12.5. The molecule has 1 fully saturated rings. The number of hydrogen-bond donors (Lipinski definition) is 2. The molecule has 1 aromatic heterocycles. The second kappa shape index (κ2) is 6.93. The molecule has 4 heteroatoms. The number of carbonyl (C=O) groups excluding carboxylic acids is 1. The van der Waals surface area contributed by atoms with Crippen molar-refractivity contribution < 1.29 is 9.90 Å². The summed E-state index contributed by atoms with van der Waals surface area (Å²) in [6, 6.07) is 2.02. The van der Waals surface area contributed by atoms with Gasteiger partial charge >= 0.3 is 0 Å². The second-order valence-electron chi connectivity index (χ2n) is 6.54. The van der Waals surface area contributed by atoms with Gasteiger partial charge in [0.25, 0.3) is 5.91 Å². The lowest BCUT2D eigenvalue weighted by Gasteiger charge is -2.39. The van der Waals surface area contributed by atoms with Gasteiger partial charge in [-0.2, -0.15) is 0 Å². The number of thiophene rings is 1. The van der Waals surface area contributed by atoms with Gasteiger partial charge in [-0.1, -0.05) is 33.1 Å². The molecular weight excluding hydrogens is 282 g/mol. The van der Waals surface area contributed by atoms with E-state index in [0.717, 1.165) is 37.0 Å². The van der Waals surface area contributed by atoms with Crippen LogP contribution in [-0.2, 0) is 6.42 Å². The van der Waals surface area contributed by atoms with Crippen LogP contribution >= 0.6 is 11.3 Å². The minimum absolute atomic E-state index is 0.0198. The lowest BCUT2D eigenvalue weighted by molar-refractivity contribution is 0.0700. The monoisotopic (exact) mass is 309 g/mol. The summed E-state index contributed by atoms with van der Waals surface area (Å²) in [5, 5.41) is 12.9. The van der Waals surface area contributed by atoms with E-state index in [1.807, 2.05) is 6.07 Å². The molecule has 1 aliphatic carbocycles. The number of nitrogens with one attached hydrogen (secondary N) is 1. The Kier molecular flexibility index (Phi) is 5.44. The van der Waals surface area contributed by atoms with Crippen molar-refractivity contribution >= 4 is 17.2 Å². The van der Waals surface area contributed by atoms with E-state index in [0.29, 0.717) is 5.92 Å². The van der Waals surface area contributed by atoms with Crippen LogP contribution in [0.25, 0.3) is 0 Å². The van der Waals surface area contributed by atoms with Gasteiger partial charge in [0.1, 0.15) is 0 Å². The van der Waals surface area contributed by atoms with Crippen molar-refractivity contribution in [1.29, 1.82) is 0 Å². The van der Waals surface area contributed by atoms with Gasteiger partial charge in [0.15, 0.2) is 0 Å². The summed E-state index contributed by atoms with van der Waals surface area (Å²) in [6.45, 7) is 6.47. The van der Waals surface area contributed by atoms with Gasteiger partial charge < -0.3 is 10.4 Å². The molecule has 0 aliphatic heterocycles. The van der Waals surface area contributed by atoms with Crippen molar-refractivity contribution in [2.75, 3.05) is 6.61 Å². The molecular formula is C17H27NO2S. The molecule has 0 spiro atoms.